The molecule has 1 aromatic heterocycles. The largest absolute Gasteiger partial charge is 0.449 e. The molecule has 1 aliphatic rings. The van der Waals surface area contributed by atoms with Gasteiger partial charge in [-0.3, -0.25) is 4.79 Å². The van der Waals surface area contributed by atoms with Crippen molar-refractivity contribution in [3.63, 3.8) is 0 Å². The lowest BCUT2D eigenvalue weighted by Gasteiger charge is -2.28. The molecule has 2 heterocycles. The summed E-state index contributed by atoms with van der Waals surface area (Å²) in [6.07, 6.45) is -4.51. The van der Waals surface area contributed by atoms with E-state index in [1.807, 2.05) is 0 Å². The number of nitrogens with two attached hydrogens (primary N) is 1. The van der Waals surface area contributed by atoms with Crippen molar-refractivity contribution in [2.45, 2.75) is 51.5 Å². The van der Waals surface area contributed by atoms with Gasteiger partial charge in [-0.1, -0.05) is 0 Å². The average molecular weight is 416 g/mol. The standard InChI is InChI=1S/C19H21F5N4O/c1-2-28-16-10-27(6-5-15(16)26-18(28)19(22,23)24)17(29)9-13(25)8-11-7-12(20)3-4-14(11)21/h3-4,7,13H,2,5-6,8-10,25H2,1H3/t13-/m1/s1. The number of rotatable bonds is 5. The summed E-state index contributed by atoms with van der Waals surface area (Å²) in [5.41, 5.74) is 6.72. The first-order valence-electron chi connectivity index (χ1n) is 9.22. The first-order valence-corrected chi connectivity index (χ1v) is 9.22. The molecule has 29 heavy (non-hydrogen) atoms. The van der Waals surface area contributed by atoms with E-state index in [2.05, 4.69) is 4.98 Å². The van der Waals surface area contributed by atoms with Crippen LogP contribution in [0.25, 0.3) is 0 Å². The number of aromatic nitrogens is 2. The molecule has 1 aliphatic heterocycles. The third-order valence-electron chi connectivity index (χ3n) is 4.96. The Balaban J connectivity index is 1.69. The molecule has 1 amide bonds. The van der Waals surface area contributed by atoms with Crippen LogP contribution in [0.3, 0.4) is 0 Å². The molecular formula is C19H21F5N4O. The van der Waals surface area contributed by atoms with Crippen LogP contribution in [-0.4, -0.2) is 32.9 Å². The summed E-state index contributed by atoms with van der Waals surface area (Å²) in [5, 5.41) is 0. The number of benzene rings is 1. The Morgan fingerprint density at radius 2 is 2.03 bits per heavy atom. The highest BCUT2D eigenvalue weighted by molar-refractivity contribution is 5.77. The molecule has 0 saturated heterocycles. The van der Waals surface area contributed by atoms with Crippen LogP contribution in [-0.2, 0) is 36.9 Å². The fraction of sp³-hybridized carbons (Fsp3) is 0.474. The maximum atomic E-state index is 13.8. The number of imidazole rings is 1. The third kappa shape index (κ3) is 4.58. The zero-order valence-electron chi connectivity index (χ0n) is 15.8. The Morgan fingerprint density at radius 1 is 1.31 bits per heavy atom. The lowest BCUT2D eigenvalue weighted by atomic mass is 10.0. The molecule has 158 valence electrons. The van der Waals surface area contributed by atoms with Gasteiger partial charge in [0.1, 0.15) is 11.6 Å². The number of hydrogen-bond donors (Lipinski definition) is 1. The van der Waals surface area contributed by atoms with Gasteiger partial charge in [-0.15, -0.1) is 0 Å². The Labute approximate surface area is 164 Å². The van der Waals surface area contributed by atoms with Gasteiger partial charge >= 0.3 is 6.18 Å². The van der Waals surface area contributed by atoms with Gasteiger partial charge < -0.3 is 15.2 Å². The van der Waals surface area contributed by atoms with Crippen molar-refractivity contribution in [3.05, 3.63) is 52.6 Å². The van der Waals surface area contributed by atoms with E-state index in [1.165, 1.54) is 4.90 Å². The number of halogens is 5. The first kappa shape index (κ1) is 21.2. The molecule has 0 saturated carbocycles. The molecule has 0 aliphatic carbocycles. The maximum absolute atomic E-state index is 13.8. The smallest absolute Gasteiger partial charge is 0.336 e. The van der Waals surface area contributed by atoms with Crippen LogP contribution < -0.4 is 5.73 Å². The Hall–Kier alpha value is -2.49. The van der Waals surface area contributed by atoms with Crippen molar-refractivity contribution in [2.75, 3.05) is 6.54 Å². The van der Waals surface area contributed by atoms with Crippen molar-refractivity contribution in [3.8, 4) is 0 Å². The van der Waals surface area contributed by atoms with Gasteiger partial charge in [-0.2, -0.15) is 13.2 Å². The Kier molecular flexibility index (Phi) is 5.92. The van der Waals surface area contributed by atoms with Crippen LogP contribution in [0.1, 0.15) is 36.1 Å². The van der Waals surface area contributed by atoms with Gasteiger partial charge in [0.15, 0.2) is 0 Å². The molecule has 0 fully saturated rings. The predicted molar refractivity (Wildman–Crippen MR) is 94.7 cm³/mol. The summed E-state index contributed by atoms with van der Waals surface area (Å²) in [5.74, 6) is -2.52. The highest BCUT2D eigenvalue weighted by Gasteiger charge is 2.39. The van der Waals surface area contributed by atoms with Crippen molar-refractivity contribution in [1.29, 1.82) is 0 Å². The molecule has 2 N–H and O–H groups in total. The van der Waals surface area contributed by atoms with Gasteiger partial charge in [0.2, 0.25) is 11.7 Å². The molecule has 1 aromatic carbocycles. The number of nitrogens with zero attached hydrogens (tertiary/aromatic N) is 3. The van der Waals surface area contributed by atoms with E-state index in [9.17, 15) is 26.7 Å². The molecular weight excluding hydrogens is 395 g/mol. The SMILES string of the molecule is CCn1c(C(F)(F)F)nc2c1CN(C(=O)C[C@H](N)Cc1cc(F)ccc1F)CC2. The van der Waals surface area contributed by atoms with Gasteiger partial charge in [-0.25, -0.2) is 13.8 Å². The molecule has 0 unspecified atom stereocenters. The summed E-state index contributed by atoms with van der Waals surface area (Å²) in [4.78, 5) is 17.7. The maximum Gasteiger partial charge on any atom is 0.449 e. The second-order valence-corrected chi connectivity index (χ2v) is 7.04. The minimum atomic E-state index is -4.57. The van der Waals surface area contributed by atoms with Crippen molar-refractivity contribution >= 4 is 5.91 Å². The van der Waals surface area contributed by atoms with Crippen molar-refractivity contribution in [2.24, 2.45) is 5.73 Å². The molecule has 3 rings (SSSR count). The average Bonchev–Trinajstić information content (AvgIpc) is 3.02. The Bertz CT molecular complexity index is 909. The molecule has 0 bridgehead atoms. The van der Waals surface area contributed by atoms with E-state index in [1.54, 1.807) is 6.92 Å². The van der Waals surface area contributed by atoms with Crippen LogP contribution in [0, 0.1) is 11.6 Å². The first-order chi connectivity index (χ1) is 13.6. The fourth-order valence-corrected chi connectivity index (χ4v) is 3.59. The second-order valence-electron chi connectivity index (χ2n) is 7.04. The summed E-state index contributed by atoms with van der Waals surface area (Å²) in [7, 11) is 0. The summed E-state index contributed by atoms with van der Waals surface area (Å²) < 4.78 is 67.6. The highest BCUT2D eigenvalue weighted by atomic mass is 19.4. The van der Waals surface area contributed by atoms with Crippen LogP contribution >= 0.6 is 0 Å². The molecule has 0 spiro atoms. The van der Waals surface area contributed by atoms with Gasteiger partial charge in [0.25, 0.3) is 0 Å². The van der Waals surface area contributed by atoms with Crippen LogP contribution in [0.2, 0.25) is 0 Å². The monoisotopic (exact) mass is 416 g/mol. The van der Waals surface area contributed by atoms with E-state index in [0.29, 0.717) is 11.4 Å². The Morgan fingerprint density at radius 3 is 2.69 bits per heavy atom. The van der Waals surface area contributed by atoms with E-state index in [4.69, 9.17) is 5.73 Å². The predicted octanol–water partition coefficient (Wildman–Crippen LogP) is 3.04. The molecule has 5 nitrogen and oxygen atoms in total. The summed E-state index contributed by atoms with van der Waals surface area (Å²) in [6, 6.07) is 2.27. The quantitative estimate of drug-likeness (QED) is 0.763. The van der Waals surface area contributed by atoms with Crippen LogP contribution in [0.15, 0.2) is 18.2 Å². The minimum Gasteiger partial charge on any atom is -0.336 e. The minimum absolute atomic E-state index is 0.00608. The number of hydrogen-bond acceptors (Lipinski definition) is 3. The third-order valence-corrected chi connectivity index (χ3v) is 4.96. The highest BCUT2D eigenvalue weighted by Crippen LogP contribution is 2.32. The number of amides is 1. The second kappa shape index (κ2) is 8.10. The van der Waals surface area contributed by atoms with Gasteiger partial charge in [0, 0.05) is 32.0 Å². The zero-order chi connectivity index (χ0) is 21.3. The number of carbonyl (C=O) groups is 1. The molecule has 2 aromatic rings. The van der Waals surface area contributed by atoms with Gasteiger partial charge in [-0.05, 0) is 37.1 Å². The topological polar surface area (TPSA) is 64.2 Å². The number of fused-ring (bicyclic) bond motifs is 1. The molecule has 0 radical (unpaired) electrons. The van der Waals surface area contributed by atoms with Crippen molar-refractivity contribution in [1.82, 2.24) is 14.5 Å². The van der Waals surface area contributed by atoms with E-state index in [-0.39, 0.29) is 50.4 Å². The van der Waals surface area contributed by atoms with E-state index < -0.39 is 29.7 Å². The number of alkyl halides is 3. The van der Waals surface area contributed by atoms with Crippen LogP contribution in [0.5, 0.6) is 0 Å². The van der Waals surface area contributed by atoms with Crippen LogP contribution in [0.4, 0.5) is 22.0 Å². The molecule has 10 heteroatoms. The summed E-state index contributed by atoms with van der Waals surface area (Å²) in [6.45, 7) is 1.90. The lowest BCUT2D eigenvalue weighted by Crippen LogP contribution is -2.40. The van der Waals surface area contributed by atoms with E-state index in [0.717, 1.165) is 22.8 Å². The molecule has 1 atom stereocenters. The summed E-state index contributed by atoms with van der Waals surface area (Å²) >= 11 is 0. The normalized spacial score (nSPS) is 15.3. The van der Waals surface area contributed by atoms with Crippen molar-refractivity contribution < 1.29 is 26.7 Å². The number of carbonyl (C=O) groups excluding carboxylic acids is 1. The fourth-order valence-electron chi connectivity index (χ4n) is 3.59. The van der Waals surface area contributed by atoms with Gasteiger partial charge in [0.05, 0.1) is 17.9 Å². The zero-order valence-corrected chi connectivity index (χ0v) is 15.8. The van der Waals surface area contributed by atoms with E-state index >= 15 is 0 Å². The lowest BCUT2D eigenvalue weighted by molar-refractivity contribution is -0.147.